The number of hydrogen-bond acceptors (Lipinski definition) is 2. The van der Waals surface area contributed by atoms with Crippen LogP contribution in [0.4, 0.5) is 4.39 Å². The molecule has 0 saturated heterocycles. The van der Waals surface area contributed by atoms with Crippen molar-refractivity contribution in [3.05, 3.63) is 52.8 Å². The monoisotopic (exact) mass is 265 g/mol. The van der Waals surface area contributed by atoms with Crippen LogP contribution in [0.5, 0.6) is 5.75 Å². The zero-order valence-electron chi connectivity index (χ0n) is 9.91. The molecule has 0 aliphatic rings. The Morgan fingerprint density at radius 3 is 2.61 bits per heavy atom. The van der Waals surface area contributed by atoms with Crippen molar-refractivity contribution in [3.63, 3.8) is 0 Å². The van der Waals surface area contributed by atoms with Gasteiger partial charge >= 0.3 is 0 Å². The molecule has 0 fully saturated rings. The van der Waals surface area contributed by atoms with Crippen LogP contribution >= 0.6 is 11.6 Å². The van der Waals surface area contributed by atoms with Gasteiger partial charge in [-0.05, 0) is 35.9 Å². The van der Waals surface area contributed by atoms with Crippen LogP contribution in [0.2, 0.25) is 5.02 Å². The molecule has 0 aliphatic heterocycles. The molecular weight excluding hydrogens is 253 g/mol. The maximum absolute atomic E-state index is 13.9. The fraction of sp³-hybridized carbons (Fsp3) is 0.143. The van der Waals surface area contributed by atoms with Crippen molar-refractivity contribution in [1.82, 2.24) is 0 Å². The van der Waals surface area contributed by atoms with E-state index >= 15 is 0 Å². The minimum atomic E-state index is -0.326. The molecule has 2 N–H and O–H groups in total. The third-order valence-electron chi connectivity index (χ3n) is 2.72. The predicted octanol–water partition coefficient (Wildman–Crippen LogP) is 3.61. The standard InChI is InChI=1S/C14H13ClFNO/c1-18-14-5-3-10(15)7-12(14)11-6-9(8-17)2-4-13(11)16/h2-7H,8,17H2,1H3. The summed E-state index contributed by atoms with van der Waals surface area (Å²) in [6, 6.07) is 9.87. The first-order chi connectivity index (χ1) is 8.65. The normalized spacial score (nSPS) is 10.4. The molecule has 0 aromatic heterocycles. The van der Waals surface area contributed by atoms with Crippen molar-refractivity contribution in [3.8, 4) is 16.9 Å². The number of rotatable bonds is 3. The van der Waals surface area contributed by atoms with Crippen LogP contribution in [0, 0.1) is 5.82 Å². The molecule has 94 valence electrons. The fourth-order valence-corrected chi connectivity index (χ4v) is 1.97. The lowest BCUT2D eigenvalue weighted by Crippen LogP contribution is -1.98. The van der Waals surface area contributed by atoms with Gasteiger partial charge in [0.05, 0.1) is 7.11 Å². The largest absolute Gasteiger partial charge is 0.496 e. The van der Waals surface area contributed by atoms with Crippen LogP contribution in [0.1, 0.15) is 5.56 Å². The van der Waals surface area contributed by atoms with E-state index in [9.17, 15) is 4.39 Å². The molecule has 2 aromatic rings. The Morgan fingerprint density at radius 1 is 1.17 bits per heavy atom. The van der Waals surface area contributed by atoms with Crippen molar-refractivity contribution in [2.75, 3.05) is 7.11 Å². The van der Waals surface area contributed by atoms with E-state index in [1.54, 1.807) is 30.3 Å². The van der Waals surface area contributed by atoms with Gasteiger partial charge in [-0.25, -0.2) is 4.39 Å². The number of ether oxygens (including phenoxy) is 1. The zero-order chi connectivity index (χ0) is 13.1. The second-order valence-electron chi connectivity index (χ2n) is 3.86. The van der Waals surface area contributed by atoms with Gasteiger partial charge in [-0.15, -0.1) is 0 Å². The SMILES string of the molecule is COc1ccc(Cl)cc1-c1cc(CN)ccc1F. The van der Waals surface area contributed by atoms with Crippen molar-refractivity contribution < 1.29 is 9.13 Å². The summed E-state index contributed by atoms with van der Waals surface area (Å²) in [5.41, 5.74) is 7.49. The highest BCUT2D eigenvalue weighted by Gasteiger charge is 2.11. The van der Waals surface area contributed by atoms with Gasteiger partial charge in [-0.2, -0.15) is 0 Å². The molecule has 18 heavy (non-hydrogen) atoms. The lowest BCUT2D eigenvalue weighted by Gasteiger charge is -2.11. The van der Waals surface area contributed by atoms with E-state index in [0.29, 0.717) is 28.4 Å². The quantitative estimate of drug-likeness (QED) is 0.920. The van der Waals surface area contributed by atoms with Crippen molar-refractivity contribution in [2.24, 2.45) is 5.73 Å². The number of benzene rings is 2. The van der Waals surface area contributed by atoms with E-state index in [1.807, 2.05) is 0 Å². The highest BCUT2D eigenvalue weighted by atomic mass is 35.5. The van der Waals surface area contributed by atoms with Crippen LogP contribution in [-0.2, 0) is 6.54 Å². The van der Waals surface area contributed by atoms with Crippen LogP contribution in [0.25, 0.3) is 11.1 Å². The molecule has 2 nitrogen and oxygen atoms in total. The number of nitrogens with two attached hydrogens (primary N) is 1. The molecule has 0 bridgehead atoms. The molecule has 0 amide bonds. The van der Waals surface area contributed by atoms with E-state index in [-0.39, 0.29) is 5.82 Å². The summed E-state index contributed by atoms with van der Waals surface area (Å²) in [7, 11) is 1.54. The summed E-state index contributed by atoms with van der Waals surface area (Å²) in [6.45, 7) is 0.357. The molecule has 0 saturated carbocycles. The smallest absolute Gasteiger partial charge is 0.131 e. The highest BCUT2D eigenvalue weighted by Crippen LogP contribution is 2.34. The Labute approximate surface area is 110 Å². The molecule has 0 aliphatic carbocycles. The van der Waals surface area contributed by atoms with Crippen LogP contribution < -0.4 is 10.5 Å². The van der Waals surface area contributed by atoms with Crippen LogP contribution in [-0.4, -0.2) is 7.11 Å². The summed E-state index contributed by atoms with van der Waals surface area (Å²) in [6.07, 6.45) is 0. The zero-order valence-corrected chi connectivity index (χ0v) is 10.7. The maximum atomic E-state index is 13.9. The molecule has 0 spiro atoms. The highest BCUT2D eigenvalue weighted by molar-refractivity contribution is 6.31. The lowest BCUT2D eigenvalue weighted by molar-refractivity contribution is 0.416. The minimum absolute atomic E-state index is 0.326. The second kappa shape index (κ2) is 5.38. The third-order valence-corrected chi connectivity index (χ3v) is 2.95. The molecule has 0 radical (unpaired) electrons. The first-order valence-corrected chi connectivity index (χ1v) is 5.86. The van der Waals surface area contributed by atoms with Crippen molar-refractivity contribution in [1.29, 1.82) is 0 Å². The van der Waals surface area contributed by atoms with Crippen LogP contribution in [0.3, 0.4) is 0 Å². The molecule has 2 rings (SSSR count). The Morgan fingerprint density at radius 2 is 1.94 bits per heavy atom. The van der Waals surface area contributed by atoms with E-state index in [0.717, 1.165) is 5.56 Å². The van der Waals surface area contributed by atoms with Gasteiger partial charge in [0.15, 0.2) is 0 Å². The second-order valence-corrected chi connectivity index (χ2v) is 4.30. The maximum Gasteiger partial charge on any atom is 0.131 e. The molecule has 2 aromatic carbocycles. The van der Waals surface area contributed by atoms with Gasteiger partial charge in [0.2, 0.25) is 0 Å². The van der Waals surface area contributed by atoms with E-state index in [4.69, 9.17) is 22.1 Å². The first-order valence-electron chi connectivity index (χ1n) is 5.48. The lowest BCUT2D eigenvalue weighted by atomic mass is 10.0. The van der Waals surface area contributed by atoms with Crippen molar-refractivity contribution >= 4 is 11.6 Å². The van der Waals surface area contributed by atoms with Crippen molar-refractivity contribution in [2.45, 2.75) is 6.54 Å². The van der Waals surface area contributed by atoms with E-state index in [2.05, 4.69) is 0 Å². The average molecular weight is 266 g/mol. The average Bonchev–Trinajstić information content (AvgIpc) is 2.39. The predicted molar refractivity (Wildman–Crippen MR) is 71.3 cm³/mol. The summed E-state index contributed by atoms with van der Waals surface area (Å²) >= 11 is 5.95. The Balaban J connectivity index is 2.63. The van der Waals surface area contributed by atoms with Gasteiger partial charge in [0.25, 0.3) is 0 Å². The summed E-state index contributed by atoms with van der Waals surface area (Å²) in [5, 5.41) is 0.531. The fourth-order valence-electron chi connectivity index (χ4n) is 1.80. The van der Waals surface area contributed by atoms with Gasteiger partial charge in [-0.1, -0.05) is 17.7 Å². The number of hydrogen-bond donors (Lipinski definition) is 1. The summed E-state index contributed by atoms with van der Waals surface area (Å²) < 4.78 is 19.1. The molecular formula is C14H13ClFNO. The van der Waals surface area contributed by atoms with Gasteiger partial charge in [-0.3, -0.25) is 0 Å². The van der Waals surface area contributed by atoms with Gasteiger partial charge in [0.1, 0.15) is 11.6 Å². The topological polar surface area (TPSA) is 35.2 Å². The molecule has 4 heteroatoms. The molecule has 0 atom stereocenters. The first kappa shape index (κ1) is 12.9. The van der Waals surface area contributed by atoms with E-state index < -0.39 is 0 Å². The van der Waals surface area contributed by atoms with Gasteiger partial charge in [0, 0.05) is 22.7 Å². The van der Waals surface area contributed by atoms with Crippen LogP contribution in [0.15, 0.2) is 36.4 Å². The summed E-state index contributed by atoms with van der Waals surface area (Å²) in [4.78, 5) is 0. The third kappa shape index (κ3) is 2.47. The molecule has 0 unspecified atom stereocenters. The van der Waals surface area contributed by atoms with Gasteiger partial charge < -0.3 is 10.5 Å². The van der Waals surface area contributed by atoms with E-state index in [1.165, 1.54) is 13.2 Å². The Hall–Kier alpha value is -1.58. The Bertz CT molecular complexity index is 572. The number of halogens is 2. The Kier molecular flexibility index (Phi) is 3.84. The number of methoxy groups -OCH3 is 1. The summed E-state index contributed by atoms with van der Waals surface area (Å²) in [5.74, 6) is 0.250. The molecule has 0 heterocycles. The minimum Gasteiger partial charge on any atom is -0.496 e.